The molecule has 0 heterocycles. The Morgan fingerprint density at radius 2 is 1.94 bits per heavy atom. The molecule has 0 aliphatic carbocycles. The van der Waals surface area contributed by atoms with E-state index in [4.69, 9.17) is 10.00 Å². The van der Waals surface area contributed by atoms with Crippen LogP contribution >= 0.6 is 0 Å². The van der Waals surface area contributed by atoms with E-state index in [0.29, 0.717) is 32.2 Å². The first-order chi connectivity index (χ1) is 7.47. The fourth-order valence-electron chi connectivity index (χ4n) is 1.38. The Morgan fingerprint density at radius 1 is 1.31 bits per heavy atom. The van der Waals surface area contributed by atoms with Crippen molar-refractivity contribution < 1.29 is 9.84 Å². The van der Waals surface area contributed by atoms with E-state index in [0.717, 1.165) is 0 Å². The number of nitriles is 1. The van der Waals surface area contributed by atoms with Crippen molar-refractivity contribution in [3.63, 3.8) is 0 Å². The third-order valence-electron chi connectivity index (χ3n) is 2.31. The monoisotopic (exact) mass is 228 g/mol. The van der Waals surface area contributed by atoms with Gasteiger partial charge in [-0.05, 0) is 27.7 Å². The summed E-state index contributed by atoms with van der Waals surface area (Å²) in [5.74, 6) is 0. The number of ether oxygens (including phenoxy) is 1. The Hall–Kier alpha value is -0.630. The van der Waals surface area contributed by atoms with Crippen LogP contribution in [0.5, 0.6) is 0 Å². The average molecular weight is 228 g/mol. The molecule has 0 aromatic heterocycles. The molecule has 0 rings (SSSR count). The van der Waals surface area contributed by atoms with Crippen LogP contribution in [0.15, 0.2) is 0 Å². The van der Waals surface area contributed by atoms with Gasteiger partial charge in [-0.15, -0.1) is 0 Å². The molecule has 0 saturated carbocycles. The fourth-order valence-corrected chi connectivity index (χ4v) is 1.38. The Labute approximate surface area is 98.8 Å². The van der Waals surface area contributed by atoms with Crippen LogP contribution in [0.2, 0.25) is 0 Å². The van der Waals surface area contributed by atoms with Crippen LogP contribution in [-0.4, -0.2) is 48.0 Å². The lowest BCUT2D eigenvalue weighted by Crippen LogP contribution is -2.40. The normalized spacial score (nSPS) is 13.4. The standard InChI is InChI=1S/C12H24N2O2/c1-10(2)14(7-5-6-13)8-12(15)9-16-11(3)4/h10-12,15H,5,7-9H2,1-4H3. The summed E-state index contributed by atoms with van der Waals surface area (Å²) in [4.78, 5) is 2.09. The van der Waals surface area contributed by atoms with Crippen molar-refractivity contribution in [1.29, 1.82) is 5.26 Å². The van der Waals surface area contributed by atoms with Gasteiger partial charge in [0.25, 0.3) is 0 Å². The van der Waals surface area contributed by atoms with E-state index in [2.05, 4.69) is 24.8 Å². The highest BCUT2D eigenvalue weighted by molar-refractivity contribution is 4.75. The number of aliphatic hydroxyl groups excluding tert-OH is 1. The van der Waals surface area contributed by atoms with Crippen molar-refractivity contribution in [1.82, 2.24) is 4.90 Å². The van der Waals surface area contributed by atoms with Crippen molar-refractivity contribution >= 4 is 0 Å². The van der Waals surface area contributed by atoms with Gasteiger partial charge in [0.2, 0.25) is 0 Å². The second-order valence-electron chi connectivity index (χ2n) is 4.53. The number of nitrogens with zero attached hydrogens (tertiary/aromatic N) is 2. The Balaban J connectivity index is 3.93. The lowest BCUT2D eigenvalue weighted by molar-refractivity contribution is -0.0120. The summed E-state index contributed by atoms with van der Waals surface area (Å²) >= 11 is 0. The molecular weight excluding hydrogens is 204 g/mol. The largest absolute Gasteiger partial charge is 0.389 e. The minimum atomic E-state index is -0.483. The second-order valence-corrected chi connectivity index (χ2v) is 4.53. The summed E-state index contributed by atoms with van der Waals surface area (Å²) < 4.78 is 5.35. The molecule has 0 bridgehead atoms. The zero-order chi connectivity index (χ0) is 12.6. The third-order valence-corrected chi connectivity index (χ3v) is 2.31. The van der Waals surface area contributed by atoms with E-state index in [1.165, 1.54) is 0 Å². The van der Waals surface area contributed by atoms with Gasteiger partial charge in [0.1, 0.15) is 0 Å². The van der Waals surface area contributed by atoms with Crippen LogP contribution in [0.25, 0.3) is 0 Å². The second kappa shape index (κ2) is 8.51. The van der Waals surface area contributed by atoms with Gasteiger partial charge in [-0.2, -0.15) is 5.26 Å². The summed E-state index contributed by atoms with van der Waals surface area (Å²) in [6, 6.07) is 2.46. The fraction of sp³-hybridized carbons (Fsp3) is 0.917. The topological polar surface area (TPSA) is 56.5 Å². The van der Waals surface area contributed by atoms with E-state index in [1.807, 2.05) is 13.8 Å². The minimum absolute atomic E-state index is 0.140. The van der Waals surface area contributed by atoms with Crippen molar-refractivity contribution in [2.75, 3.05) is 19.7 Å². The average Bonchev–Trinajstić information content (AvgIpc) is 2.20. The SMILES string of the molecule is CC(C)OCC(O)CN(CCC#N)C(C)C. The molecule has 94 valence electrons. The molecule has 0 aromatic carbocycles. The molecule has 0 aliphatic rings. The molecule has 0 aliphatic heterocycles. The van der Waals surface area contributed by atoms with Crippen molar-refractivity contribution in [3.05, 3.63) is 0 Å². The molecular formula is C12H24N2O2. The summed E-state index contributed by atoms with van der Waals surface area (Å²) in [7, 11) is 0. The molecule has 0 fully saturated rings. The van der Waals surface area contributed by atoms with Gasteiger partial charge in [-0.3, -0.25) is 4.90 Å². The Morgan fingerprint density at radius 3 is 2.38 bits per heavy atom. The molecule has 16 heavy (non-hydrogen) atoms. The zero-order valence-corrected chi connectivity index (χ0v) is 10.8. The molecule has 4 nitrogen and oxygen atoms in total. The molecule has 0 aromatic rings. The number of hydrogen-bond acceptors (Lipinski definition) is 4. The first kappa shape index (κ1) is 15.4. The predicted octanol–water partition coefficient (Wildman–Crippen LogP) is 1.40. The van der Waals surface area contributed by atoms with Crippen LogP contribution < -0.4 is 0 Å². The highest BCUT2D eigenvalue weighted by Gasteiger charge is 2.14. The van der Waals surface area contributed by atoms with E-state index in [-0.39, 0.29) is 6.10 Å². The highest BCUT2D eigenvalue weighted by atomic mass is 16.5. The first-order valence-corrected chi connectivity index (χ1v) is 5.88. The van der Waals surface area contributed by atoms with Crippen molar-refractivity contribution in [2.24, 2.45) is 0 Å². The molecule has 0 radical (unpaired) electrons. The summed E-state index contributed by atoms with van der Waals surface area (Å²) in [6.45, 7) is 9.64. The van der Waals surface area contributed by atoms with Crippen LogP contribution in [-0.2, 0) is 4.74 Å². The lowest BCUT2D eigenvalue weighted by Gasteiger charge is -2.28. The Bertz CT molecular complexity index is 212. The predicted molar refractivity (Wildman–Crippen MR) is 64.0 cm³/mol. The van der Waals surface area contributed by atoms with Gasteiger partial charge >= 0.3 is 0 Å². The third kappa shape index (κ3) is 7.63. The van der Waals surface area contributed by atoms with Crippen LogP contribution in [0.1, 0.15) is 34.1 Å². The Kier molecular flexibility index (Phi) is 8.18. The molecule has 4 heteroatoms. The van der Waals surface area contributed by atoms with Crippen LogP contribution in [0.3, 0.4) is 0 Å². The van der Waals surface area contributed by atoms with Crippen LogP contribution in [0.4, 0.5) is 0 Å². The van der Waals surface area contributed by atoms with Gasteiger partial charge in [0.05, 0.1) is 24.9 Å². The molecule has 0 amide bonds. The minimum Gasteiger partial charge on any atom is -0.389 e. The maximum atomic E-state index is 9.77. The van der Waals surface area contributed by atoms with Gasteiger partial charge < -0.3 is 9.84 Å². The molecule has 1 N–H and O–H groups in total. The zero-order valence-electron chi connectivity index (χ0n) is 10.8. The molecule has 1 atom stereocenters. The van der Waals surface area contributed by atoms with Gasteiger partial charge in [0.15, 0.2) is 0 Å². The summed E-state index contributed by atoms with van der Waals surface area (Å²) in [5, 5.41) is 18.3. The van der Waals surface area contributed by atoms with E-state index in [9.17, 15) is 5.11 Å². The molecule has 1 unspecified atom stereocenters. The summed E-state index contributed by atoms with van der Waals surface area (Å²) in [6.07, 6.45) is 0.153. The quantitative estimate of drug-likeness (QED) is 0.682. The maximum Gasteiger partial charge on any atom is 0.0900 e. The maximum absolute atomic E-state index is 9.77. The van der Waals surface area contributed by atoms with Gasteiger partial charge in [-0.1, -0.05) is 0 Å². The molecule has 0 spiro atoms. The molecule has 0 saturated heterocycles. The van der Waals surface area contributed by atoms with Crippen molar-refractivity contribution in [3.8, 4) is 6.07 Å². The van der Waals surface area contributed by atoms with Crippen molar-refractivity contribution in [2.45, 2.75) is 52.4 Å². The number of hydrogen-bond donors (Lipinski definition) is 1. The van der Waals surface area contributed by atoms with Crippen LogP contribution in [0, 0.1) is 11.3 Å². The van der Waals surface area contributed by atoms with E-state index < -0.39 is 6.10 Å². The highest BCUT2D eigenvalue weighted by Crippen LogP contribution is 2.02. The van der Waals surface area contributed by atoms with E-state index in [1.54, 1.807) is 0 Å². The smallest absolute Gasteiger partial charge is 0.0900 e. The summed E-state index contributed by atoms with van der Waals surface area (Å²) in [5.41, 5.74) is 0. The van der Waals surface area contributed by atoms with E-state index >= 15 is 0 Å². The van der Waals surface area contributed by atoms with Gasteiger partial charge in [-0.25, -0.2) is 0 Å². The first-order valence-electron chi connectivity index (χ1n) is 5.88. The lowest BCUT2D eigenvalue weighted by atomic mass is 10.2. The van der Waals surface area contributed by atoms with Gasteiger partial charge in [0, 0.05) is 25.6 Å². The number of rotatable bonds is 8. The number of aliphatic hydroxyl groups is 1.